The molecule has 0 saturated carbocycles. The second kappa shape index (κ2) is 7.51. The molecule has 148 valence electrons. The Balaban J connectivity index is 1.58. The highest BCUT2D eigenvalue weighted by molar-refractivity contribution is 7.12. The molecular formula is C20H20N6O2S. The van der Waals surface area contributed by atoms with E-state index in [0.717, 1.165) is 28.5 Å². The minimum absolute atomic E-state index is 0.302. The van der Waals surface area contributed by atoms with Crippen LogP contribution in [0, 0.1) is 20.8 Å². The van der Waals surface area contributed by atoms with Gasteiger partial charge in [0.1, 0.15) is 17.3 Å². The second-order valence-corrected chi connectivity index (χ2v) is 7.43. The fraction of sp³-hybridized carbons (Fsp3) is 0.200. The fourth-order valence-corrected chi connectivity index (χ4v) is 3.79. The lowest BCUT2D eigenvalue weighted by Crippen LogP contribution is -2.15. The summed E-state index contributed by atoms with van der Waals surface area (Å²) >= 11 is 1.37. The summed E-state index contributed by atoms with van der Waals surface area (Å²) in [6.07, 6.45) is 0. The fourth-order valence-electron chi connectivity index (χ4n) is 2.98. The Labute approximate surface area is 171 Å². The zero-order valence-corrected chi connectivity index (χ0v) is 17.3. The third-order valence-corrected chi connectivity index (χ3v) is 5.12. The highest BCUT2D eigenvalue weighted by atomic mass is 32.1. The van der Waals surface area contributed by atoms with Crippen molar-refractivity contribution in [3.8, 4) is 16.6 Å². The van der Waals surface area contributed by atoms with Crippen LogP contribution in [-0.2, 0) is 0 Å². The summed E-state index contributed by atoms with van der Waals surface area (Å²) in [4.78, 5) is 17.2. The van der Waals surface area contributed by atoms with Gasteiger partial charge in [0.05, 0.1) is 24.2 Å². The van der Waals surface area contributed by atoms with Gasteiger partial charge in [0.25, 0.3) is 5.91 Å². The van der Waals surface area contributed by atoms with E-state index in [1.807, 2.05) is 57.2 Å². The maximum Gasteiger partial charge on any atom is 0.276 e. The lowest BCUT2D eigenvalue weighted by Gasteiger charge is -2.09. The number of hydrogen-bond donors (Lipinski definition) is 1. The first-order chi connectivity index (χ1) is 13.9. The summed E-state index contributed by atoms with van der Waals surface area (Å²) in [6.45, 7) is 5.75. The van der Waals surface area contributed by atoms with Gasteiger partial charge in [-0.25, -0.2) is 14.3 Å². The molecule has 4 aromatic rings. The average Bonchev–Trinajstić information content (AvgIpc) is 3.40. The van der Waals surface area contributed by atoms with Gasteiger partial charge in [0, 0.05) is 17.1 Å². The lowest BCUT2D eigenvalue weighted by atomic mass is 10.3. The Morgan fingerprint density at radius 1 is 1.03 bits per heavy atom. The number of nitrogens with zero attached hydrogens (tertiary/aromatic N) is 5. The molecule has 8 nitrogen and oxygen atoms in total. The number of aryl methyl sites for hydroxylation is 3. The minimum Gasteiger partial charge on any atom is -0.497 e. The van der Waals surface area contributed by atoms with Crippen molar-refractivity contribution in [1.29, 1.82) is 0 Å². The Bertz CT molecular complexity index is 1170. The van der Waals surface area contributed by atoms with Crippen LogP contribution in [0.1, 0.15) is 27.6 Å². The van der Waals surface area contributed by atoms with Crippen LogP contribution in [0.5, 0.6) is 5.75 Å². The van der Waals surface area contributed by atoms with Gasteiger partial charge in [-0.2, -0.15) is 10.2 Å². The Kier molecular flexibility index (Phi) is 4.89. The largest absolute Gasteiger partial charge is 0.497 e. The van der Waals surface area contributed by atoms with Gasteiger partial charge in [-0.15, -0.1) is 11.3 Å². The molecule has 0 saturated heterocycles. The first-order valence-corrected chi connectivity index (χ1v) is 9.84. The molecule has 0 aliphatic carbocycles. The van der Waals surface area contributed by atoms with Gasteiger partial charge in [0.2, 0.25) is 5.13 Å². The van der Waals surface area contributed by atoms with E-state index in [0.29, 0.717) is 16.6 Å². The van der Waals surface area contributed by atoms with Crippen molar-refractivity contribution < 1.29 is 9.53 Å². The van der Waals surface area contributed by atoms with Crippen LogP contribution in [0.15, 0.2) is 41.8 Å². The van der Waals surface area contributed by atoms with Crippen LogP contribution in [0.4, 0.5) is 5.82 Å². The van der Waals surface area contributed by atoms with E-state index in [4.69, 9.17) is 4.74 Å². The number of hydrogen-bond acceptors (Lipinski definition) is 6. The van der Waals surface area contributed by atoms with Gasteiger partial charge >= 0.3 is 0 Å². The number of anilines is 1. The molecule has 0 unspecified atom stereocenters. The molecule has 3 heterocycles. The summed E-state index contributed by atoms with van der Waals surface area (Å²) < 4.78 is 8.62. The van der Waals surface area contributed by atoms with E-state index in [1.54, 1.807) is 21.9 Å². The molecule has 1 N–H and O–H groups in total. The van der Waals surface area contributed by atoms with Gasteiger partial charge < -0.3 is 10.1 Å². The molecule has 0 bridgehead atoms. The molecule has 0 aliphatic heterocycles. The normalized spacial score (nSPS) is 10.9. The molecule has 3 aromatic heterocycles. The Morgan fingerprint density at radius 2 is 1.72 bits per heavy atom. The molecule has 9 heteroatoms. The summed E-state index contributed by atoms with van der Waals surface area (Å²) in [7, 11) is 1.62. The first-order valence-electron chi connectivity index (χ1n) is 8.96. The maximum atomic E-state index is 12.8. The van der Waals surface area contributed by atoms with E-state index in [-0.39, 0.29) is 5.91 Å². The first kappa shape index (κ1) is 18.9. The number of aromatic nitrogens is 5. The van der Waals surface area contributed by atoms with Crippen LogP contribution in [0.3, 0.4) is 0 Å². The maximum absolute atomic E-state index is 12.8. The minimum atomic E-state index is -0.302. The van der Waals surface area contributed by atoms with Crippen molar-refractivity contribution >= 4 is 23.1 Å². The van der Waals surface area contributed by atoms with Gasteiger partial charge in [-0.05, 0) is 51.1 Å². The predicted molar refractivity (Wildman–Crippen MR) is 112 cm³/mol. The molecule has 0 fully saturated rings. The lowest BCUT2D eigenvalue weighted by molar-refractivity contribution is 0.102. The summed E-state index contributed by atoms with van der Waals surface area (Å²) in [5.41, 5.74) is 3.81. The number of methoxy groups -OCH3 is 1. The van der Waals surface area contributed by atoms with Gasteiger partial charge in [-0.1, -0.05) is 0 Å². The molecule has 0 radical (unpaired) electrons. The SMILES string of the molecule is COc1ccc(-n2nc(C)cc2NC(=O)c2csc(-n3nc(C)cc3C)n2)cc1. The number of ether oxygens (including phenoxy) is 1. The van der Waals surface area contributed by atoms with Crippen LogP contribution in [-0.4, -0.2) is 37.6 Å². The highest BCUT2D eigenvalue weighted by Gasteiger charge is 2.17. The zero-order valence-electron chi connectivity index (χ0n) is 16.5. The van der Waals surface area contributed by atoms with E-state index in [1.165, 1.54) is 11.3 Å². The van der Waals surface area contributed by atoms with Gasteiger partial charge in [0.15, 0.2) is 0 Å². The van der Waals surface area contributed by atoms with Crippen LogP contribution in [0.2, 0.25) is 0 Å². The van der Waals surface area contributed by atoms with E-state index < -0.39 is 0 Å². The Hall–Kier alpha value is -3.46. The number of nitrogens with one attached hydrogen (secondary N) is 1. The third-order valence-electron chi connectivity index (χ3n) is 4.31. The third kappa shape index (κ3) is 3.77. The number of carbonyl (C=O) groups is 1. The van der Waals surface area contributed by atoms with Crippen molar-refractivity contribution in [2.24, 2.45) is 0 Å². The summed E-state index contributed by atoms with van der Waals surface area (Å²) in [5.74, 6) is 1.02. The van der Waals surface area contributed by atoms with Crippen molar-refractivity contribution in [2.75, 3.05) is 12.4 Å². The quantitative estimate of drug-likeness (QED) is 0.544. The van der Waals surface area contributed by atoms with Crippen molar-refractivity contribution in [2.45, 2.75) is 20.8 Å². The molecule has 0 spiro atoms. The predicted octanol–water partition coefficient (Wildman–Crippen LogP) is 3.70. The molecule has 0 aliphatic rings. The van der Waals surface area contributed by atoms with E-state index in [2.05, 4.69) is 20.5 Å². The Morgan fingerprint density at radius 3 is 2.38 bits per heavy atom. The highest BCUT2D eigenvalue weighted by Crippen LogP contribution is 2.22. The van der Waals surface area contributed by atoms with Crippen molar-refractivity contribution in [3.05, 3.63) is 64.6 Å². The van der Waals surface area contributed by atoms with E-state index >= 15 is 0 Å². The molecular weight excluding hydrogens is 388 g/mol. The van der Waals surface area contributed by atoms with Crippen LogP contribution in [0.25, 0.3) is 10.8 Å². The number of benzene rings is 1. The molecule has 1 amide bonds. The molecule has 1 aromatic carbocycles. The number of rotatable bonds is 5. The number of thiazole rings is 1. The molecule has 0 atom stereocenters. The van der Waals surface area contributed by atoms with Gasteiger partial charge in [-0.3, -0.25) is 4.79 Å². The topological polar surface area (TPSA) is 86.9 Å². The van der Waals surface area contributed by atoms with Crippen LogP contribution < -0.4 is 10.1 Å². The average molecular weight is 408 g/mol. The van der Waals surface area contributed by atoms with Crippen molar-refractivity contribution in [3.63, 3.8) is 0 Å². The summed E-state index contributed by atoms with van der Waals surface area (Å²) in [5, 5.41) is 14.2. The smallest absolute Gasteiger partial charge is 0.276 e. The summed E-state index contributed by atoms with van der Waals surface area (Å²) in [6, 6.07) is 11.2. The second-order valence-electron chi connectivity index (χ2n) is 6.59. The molecule has 29 heavy (non-hydrogen) atoms. The monoisotopic (exact) mass is 408 g/mol. The van der Waals surface area contributed by atoms with Crippen molar-refractivity contribution in [1.82, 2.24) is 24.5 Å². The number of amides is 1. The van der Waals surface area contributed by atoms with E-state index in [9.17, 15) is 4.79 Å². The number of carbonyl (C=O) groups excluding carboxylic acids is 1. The van der Waals surface area contributed by atoms with Crippen LogP contribution >= 0.6 is 11.3 Å². The zero-order chi connectivity index (χ0) is 20.5. The standard InChI is InChI=1S/C20H20N6O2S/c1-12-9-14(3)25(23-12)20-21-17(11-29-20)19(27)22-18-10-13(2)24-26(18)15-5-7-16(28-4)8-6-15/h5-11H,1-4H3,(H,22,27). The molecule has 4 rings (SSSR count).